The monoisotopic (exact) mass is 193 g/mol. The highest BCUT2D eigenvalue weighted by Crippen LogP contribution is 2.29. The lowest BCUT2D eigenvalue weighted by Gasteiger charge is -2.08. The third-order valence-electron chi connectivity index (χ3n) is 2.03. The number of phenolic OH excluding ortho intramolecular Hbond substituents is 1. The van der Waals surface area contributed by atoms with Gasteiger partial charge in [0.25, 0.3) is 0 Å². The van der Waals surface area contributed by atoms with E-state index in [0.29, 0.717) is 12.3 Å². The summed E-state index contributed by atoms with van der Waals surface area (Å²) in [6.45, 7) is 4.47. The first-order valence-corrected chi connectivity index (χ1v) is 4.44. The Labute approximate surface area is 83.8 Å². The Kier molecular flexibility index (Phi) is 3.54. The van der Waals surface area contributed by atoms with Gasteiger partial charge in [-0.3, -0.25) is 0 Å². The average molecular weight is 193 g/mol. The molecule has 0 aliphatic heterocycles. The van der Waals surface area contributed by atoms with E-state index in [2.05, 4.69) is 6.58 Å². The minimum atomic E-state index is 0.136. The highest BCUT2D eigenvalue weighted by molar-refractivity contribution is 5.66. The molecule has 0 spiro atoms. The van der Waals surface area contributed by atoms with Crippen molar-refractivity contribution in [2.24, 2.45) is 5.73 Å². The van der Waals surface area contributed by atoms with Crippen molar-refractivity contribution in [3.05, 3.63) is 30.3 Å². The Bertz CT molecular complexity index is 334. The number of nitrogens with two attached hydrogens (primary N) is 1. The predicted octanol–water partition coefficient (Wildman–Crippen LogP) is 1.76. The normalized spacial score (nSPS) is 9.86. The van der Waals surface area contributed by atoms with Crippen LogP contribution in [0.15, 0.2) is 24.8 Å². The maximum atomic E-state index is 9.37. The fraction of sp³-hybridized carbons (Fsp3) is 0.273. The second-order valence-electron chi connectivity index (χ2n) is 3.03. The van der Waals surface area contributed by atoms with Gasteiger partial charge in [0.05, 0.1) is 7.11 Å². The van der Waals surface area contributed by atoms with Gasteiger partial charge in [-0.25, -0.2) is 0 Å². The highest BCUT2D eigenvalue weighted by Gasteiger charge is 2.04. The summed E-state index contributed by atoms with van der Waals surface area (Å²) in [5, 5.41) is 9.37. The Hall–Kier alpha value is -1.48. The van der Waals surface area contributed by atoms with E-state index in [1.807, 2.05) is 0 Å². The molecular formula is C11H15NO2. The van der Waals surface area contributed by atoms with Crippen LogP contribution >= 0.6 is 0 Å². The van der Waals surface area contributed by atoms with Gasteiger partial charge in [-0.05, 0) is 36.2 Å². The molecule has 3 heteroatoms. The van der Waals surface area contributed by atoms with Gasteiger partial charge in [0.15, 0.2) is 11.5 Å². The summed E-state index contributed by atoms with van der Waals surface area (Å²) >= 11 is 0. The number of hydrogen-bond acceptors (Lipinski definition) is 3. The van der Waals surface area contributed by atoms with Crippen LogP contribution < -0.4 is 10.5 Å². The Balaban J connectivity index is 2.94. The molecule has 76 valence electrons. The molecule has 3 N–H and O–H groups in total. The van der Waals surface area contributed by atoms with E-state index in [1.165, 1.54) is 7.11 Å². The van der Waals surface area contributed by atoms with E-state index in [-0.39, 0.29) is 5.75 Å². The van der Waals surface area contributed by atoms with Crippen molar-refractivity contribution < 1.29 is 9.84 Å². The van der Waals surface area contributed by atoms with E-state index in [4.69, 9.17) is 10.5 Å². The molecule has 0 bridgehead atoms. The Morgan fingerprint density at radius 1 is 1.57 bits per heavy atom. The Morgan fingerprint density at radius 2 is 2.29 bits per heavy atom. The first-order valence-electron chi connectivity index (χ1n) is 4.44. The molecule has 0 aliphatic rings. The standard InChI is InChI=1S/C11H15NO2/c1-8(5-6-12)9-3-4-10(13)11(7-9)14-2/h3-4,7,13H,1,5-6,12H2,2H3. The van der Waals surface area contributed by atoms with Crippen LogP contribution in [-0.4, -0.2) is 18.8 Å². The smallest absolute Gasteiger partial charge is 0.161 e. The molecule has 0 saturated carbocycles. The molecule has 0 heterocycles. The first-order chi connectivity index (χ1) is 6.69. The fourth-order valence-corrected chi connectivity index (χ4v) is 1.22. The van der Waals surface area contributed by atoms with Gasteiger partial charge in [0.1, 0.15) is 0 Å². The third kappa shape index (κ3) is 2.26. The molecule has 1 aromatic carbocycles. The molecule has 0 aromatic heterocycles. The van der Waals surface area contributed by atoms with Gasteiger partial charge in [0.2, 0.25) is 0 Å². The SMILES string of the molecule is C=C(CCN)c1ccc(O)c(OC)c1. The number of phenols is 1. The average Bonchev–Trinajstić information content (AvgIpc) is 2.19. The topological polar surface area (TPSA) is 55.5 Å². The van der Waals surface area contributed by atoms with Gasteiger partial charge in [-0.1, -0.05) is 12.6 Å². The zero-order valence-corrected chi connectivity index (χ0v) is 8.29. The lowest BCUT2D eigenvalue weighted by Crippen LogP contribution is -1.99. The molecule has 0 unspecified atom stereocenters. The van der Waals surface area contributed by atoms with Gasteiger partial charge < -0.3 is 15.6 Å². The second-order valence-corrected chi connectivity index (χ2v) is 3.03. The molecule has 0 atom stereocenters. The van der Waals surface area contributed by atoms with Crippen LogP contribution in [0.4, 0.5) is 0 Å². The highest BCUT2D eigenvalue weighted by atomic mass is 16.5. The van der Waals surface area contributed by atoms with Gasteiger partial charge >= 0.3 is 0 Å². The van der Waals surface area contributed by atoms with E-state index in [1.54, 1.807) is 18.2 Å². The molecule has 0 radical (unpaired) electrons. The number of aromatic hydroxyl groups is 1. The van der Waals surface area contributed by atoms with Crippen molar-refractivity contribution in [3.63, 3.8) is 0 Å². The van der Waals surface area contributed by atoms with Crippen LogP contribution in [0.25, 0.3) is 5.57 Å². The maximum absolute atomic E-state index is 9.37. The number of methoxy groups -OCH3 is 1. The van der Waals surface area contributed by atoms with Crippen LogP contribution in [-0.2, 0) is 0 Å². The van der Waals surface area contributed by atoms with Crippen molar-refractivity contribution in [1.82, 2.24) is 0 Å². The van der Waals surface area contributed by atoms with Gasteiger partial charge in [-0.2, -0.15) is 0 Å². The molecule has 14 heavy (non-hydrogen) atoms. The van der Waals surface area contributed by atoms with Crippen molar-refractivity contribution >= 4 is 5.57 Å². The predicted molar refractivity (Wildman–Crippen MR) is 57.4 cm³/mol. The van der Waals surface area contributed by atoms with E-state index < -0.39 is 0 Å². The Morgan fingerprint density at radius 3 is 2.86 bits per heavy atom. The largest absolute Gasteiger partial charge is 0.504 e. The third-order valence-corrected chi connectivity index (χ3v) is 2.03. The summed E-state index contributed by atoms with van der Waals surface area (Å²) < 4.78 is 4.99. The number of rotatable bonds is 4. The lowest BCUT2D eigenvalue weighted by molar-refractivity contribution is 0.373. The second kappa shape index (κ2) is 4.67. The number of ether oxygens (including phenoxy) is 1. The molecule has 0 amide bonds. The van der Waals surface area contributed by atoms with Crippen LogP contribution in [0.1, 0.15) is 12.0 Å². The van der Waals surface area contributed by atoms with Gasteiger partial charge in [-0.15, -0.1) is 0 Å². The number of benzene rings is 1. The molecule has 0 fully saturated rings. The van der Waals surface area contributed by atoms with Crippen LogP contribution in [0.2, 0.25) is 0 Å². The van der Waals surface area contributed by atoms with Gasteiger partial charge in [0, 0.05) is 0 Å². The van der Waals surface area contributed by atoms with Crippen LogP contribution in [0, 0.1) is 0 Å². The molecular weight excluding hydrogens is 178 g/mol. The van der Waals surface area contributed by atoms with Crippen molar-refractivity contribution in [3.8, 4) is 11.5 Å². The number of hydrogen-bond donors (Lipinski definition) is 2. The first kappa shape index (κ1) is 10.6. The zero-order chi connectivity index (χ0) is 10.6. The van der Waals surface area contributed by atoms with Crippen molar-refractivity contribution in [1.29, 1.82) is 0 Å². The minimum absolute atomic E-state index is 0.136. The van der Waals surface area contributed by atoms with Crippen LogP contribution in [0.5, 0.6) is 11.5 Å². The van der Waals surface area contributed by atoms with E-state index in [0.717, 1.165) is 17.6 Å². The summed E-state index contributed by atoms with van der Waals surface area (Å²) in [5.41, 5.74) is 7.32. The molecule has 0 aliphatic carbocycles. The quantitative estimate of drug-likeness (QED) is 0.766. The van der Waals surface area contributed by atoms with Crippen molar-refractivity contribution in [2.75, 3.05) is 13.7 Å². The maximum Gasteiger partial charge on any atom is 0.161 e. The van der Waals surface area contributed by atoms with Crippen LogP contribution in [0.3, 0.4) is 0 Å². The lowest BCUT2D eigenvalue weighted by atomic mass is 10.0. The fourth-order valence-electron chi connectivity index (χ4n) is 1.22. The van der Waals surface area contributed by atoms with Crippen molar-refractivity contribution in [2.45, 2.75) is 6.42 Å². The zero-order valence-electron chi connectivity index (χ0n) is 8.29. The molecule has 0 saturated heterocycles. The minimum Gasteiger partial charge on any atom is -0.504 e. The van der Waals surface area contributed by atoms with E-state index in [9.17, 15) is 5.11 Å². The summed E-state index contributed by atoms with van der Waals surface area (Å²) in [5.74, 6) is 0.595. The summed E-state index contributed by atoms with van der Waals surface area (Å²) in [6, 6.07) is 5.15. The van der Waals surface area contributed by atoms with E-state index >= 15 is 0 Å². The molecule has 1 aromatic rings. The summed E-state index contributed by atoms with van der Waals surface area (Å²) in [4.78, 5) is 0. The summed E-state index contributed by atoms with van der Waals surface area (Å²) in [6.07, 6.45) is 0.744. The molecule has 1 rings (SSSR count). The summed E-state index contributed by atoms with van der Waals surface area (Å²) in [7, 11) is 1.52. The molecule has 3 nitrogen and oxygen atoms in total.